The summed E-state index contributed by atoms with van der Waals surface area (Å²) in [5, 5.41) is 0.674. The number of hydrogen-bond donors (Lipinski definition) is 0. The lowest BCUT2D eigenvalue weighted by atomic mass is 9.87. The first-order chi connectivity index (χ1) is 13.1. The highest BCUT2D eigenvalue weighted by atomic mass is 35.5. The van der Waals surface area contributed by atoms with E-state index < -0.39 is 17.8 Å². The van der Waals surface area contributed by atoms with E-state index in [1.165, 1.54) is 18.2 Å². The quantitative estimate of drug-likeness (QED) is 0.523. The molecule has 1 atom stereocenters. The monoisotopic (exact) mass is 399 g/mol. The van der Waals surface area contributed by atoms with Crippen LogP contribution in [0.2, 0.25) is 10.0 Å². The van der Waals surface area contributed by atoms with Gasteiger partial charge in [0.05, 0.1) is 16.6 Å². The van der Waals surface area contributed by atoms with Crippen LogP contribution in [-0.2, 0) is 6.42 Å². The van der Waals surface area contributed by atoms with Crippen LogP contribution >= 0.6 is 23.2 Å². The average Bonchev–Trinajstić information content (AvgIpc) is 2.67. The molecule has 136 valence electrons. The predicted molar refractivity (Wildman–Crippen MR) is 106 cm³/mol. The summed E-state index contributed by atoms with van der Waals surface area (Å²) >= 11 is 12.6. The summed E-state index contributed by atoms with van der Waals surface area (Å²) in [6.07, 6.45) is 0.689. The number of nitrogens with zero attached hydrogens (tertiary/aromatic N) is 1. The Labute approximate surface area is 167 Å². The molecule has 0 N–H and O–H groups in total. The van der Waals surface area contributed by atoms with E-state index in [0.717, 1.165) is 16.7 Å². The molecule has 0 aromatic heterocycles. The highest BCUT2D eigenvalue weighted by molar-refractivity contribution is 6.34. The second-order valence-corrected chi connectivity index (χ2v) is 7.28. The molecular weight excluding hydrogens is 384 g/mol. The molecule has 1 heterocycles. The van der Waals surface area contributed by atoms with Crippen molar-refractivity contribution in [2.75, 3.05) is 6.54 Å². The van der Waals surface area contributed by atoms with Crippen LogP contribution in [0.4, 0.5) is 4.39 Å². The van der Waals surface area contributed by atoms with E-state index >= 15 is 0 Å². The maximum atomic E-state index is 14.4. The number of rotatable bonds is 2. The summed E-state index contributed by atoms with van der Waals surface area (Å²) < 4.78 is 14.4. The SMILES string of the molecule is O=C(c1c(F)cccc1Cl)N1CCc2ccccc2[C@H]1c1ccccc1Cl. The summed E-state index contributed by atoms with van der Waals surface area (Å²) in [4.78, 5) is 15.0. The van der Waals surface area contributed by atoms with Gasteiger partial charge in [0.1, 0.15) is 5.82 Å². The lowest BCUT2D eigenvalue weighted by Crippen LogP contribution is -2.41. The number of benzene rings is 3. The molecule has 1 amide bonds. The Morgan fingerprint density at radius 2 is 1.56 bits per heavy atom. The molecule has 5 heteroatoms. The van der Waals surface area contributed by atoms with E-state index in [9.17, 15) is 9.18 Å². The molecular formula is C22H16Cl2FNO. The summed E-state index contributed by atoms with van der Waals surface area (Å²) in [6.45, 7) is 0.455. The van der Waals surface area contributed by atoms with Gasteiger partial charge in [-0.25, -0.2) is 4.39 Å². The van der Waals surface area contributed by atoms with Gasteiger partial charge < -0.3 is 4.90 Å². The van der Waals surface area contributed by atoms with Gasteiger partial charge in [-0.3, -0.25) is 4.79 Å². The molecule has 3 aromatic rings. The lowest BCUT2D eigenvalue weighted by molar-refractivity contribution is 0.0690. The van der Waals surface area contributed by atoms with E-state index in [-0.39, 0.29) is 10.6 Å². The number of fused-ring (bicyclic) bond motifs is 1. The number of carbonyl (C=O) groups is 1. The third-order valence-corrected chi connectivity index (χ3v) is 5.58. The number of halogens is 3. The van der Waals surface area contributed by atoms with Crippen molar-refractivity contribution in [3.63, 3.8) is 0 Å². The normalized spacial score (nSPS) is 16.1. The average molecular weight is 400 g/mol. The largest absolute Gasteiger partial charge is 0.327 e. The van der Waals surface area contributed by atoms with Crippen molar-refractivity contribution in [2.45, 2.75) is 12.5 Å². The minimum Gasteiger partial charge on any atom is -0.327 e. The zero-order valence-electron chi connectivity index (χ0n) is 14.3. The zero-order valence-corrected chi connectivity index (χ0v) is 15.8. The minimum atomic E-state index is -0.621. The van der Waals surface area contributed by atoms with Gasteiger partial charge in [-0.15, -0.1) is 0 Å². The van der Waals surface area contributed by atoms with Gasteiger partial charge in [-0.05, 0) is 41.3 Å². The van der Waals surface area contributed by atoms with Crippen LogP contribution in [0.25, 0.3) is 0 Å². The summed E-state index contributed by atoms with van der Waals surface area (Å²) in [7, 11) is 0. The fourth-order valence-corrected chi connectivity index (χ4v) is 4.15. The van der Waals surface area contributed by atoms with Crippen molar-refractivity contribution in [3.8, 4) is 0 Å². The van der Waals surface area contributed by atoms with Crippen LogP contribution in [0.5, 0.6) is 0 Å². The van der Waals surface area contributed by atoms with Crippen molar-refractivity contribution in [1.82, 2.24) is 4.90 Å². The van der Waals surface area contributed by atoms with Crippen LogP contribution in [0, 0.1) is 5.82 Å². The van der Waals surface area contributed by atoms with Gasteiger partial charge in [0, 0.05) is 11.6 Å². The Balaban J connectivity index is 1.87. The molecule has 0 saturated heterocycles. The Kier molecular flexibility index (Phi) is 4.90. The molecule has 1 aliphatic rings. The van der Waals surface area contributed by atoms with Crippen molar-refractivity contribution in [2.24, 2.45) is 0 Å². The smallest absolute Gasteiger partial charge is 0.259 e. The zero-order chi connectivity index (χ0) is 19.0. The molecule has 0 bridgehead atoms. The topological polar surface area (TPSA) is 20.3 Å². The Morgan fingerprint density at radius 1 is 0.889 bits per heavy atom. The van der Waals surface area contributed by atoms with Crippen molar-refractivity contribution in [3.05, 3.63) is 105 Å². The summed E-state index contributed by atoms with van der Waals surface area (Å²) in [6, 6.07) is 19.3. The van der Waals surface area contributed by atoms with E-state index in [0.29, 0.717) is 18.0 Å². The maximum absolute atomic E-state index is 14.4. The van der Waals surface area contributed by atoms with Gasteiger partial charge >= 0.3 is 0 Å². The summed E-state index contributed by atoms with van der Waals surface area (Å²) in [5.41, 5.74) is 2.87. The number of hydrogen-bond acceptors (Lipinski definition) is 1. The molecule has 0 fully saturated rings. The molecule has 0 unspecified atom stereocenters. The van der Waals surface area contributed by atoms with Gasteiger partial charge in [0.15, 0.2) is 0 Å². The van der Waals surface area contributed by atoms with Gasteiger partial charge in [0.2, 0.25) is 0 Å². The van der Waals surface area contributed by atoms with Crippen LogP contribution < -0.4 is 0 Å². The first-order valence-corrected chi connectivity index (χ1v) is 9.40. The third-order valence-electron chi connectivity index (χ3n) is 4.92. The Hall–Kier alpha value is -2.36. The molecule has 3 aromatic carbocycles. The van der Waals surface area contributed by atoms with Crippen LogP contribution in [0.3, 0.4) is 0 Å². The number of amides is 1. The lowest BCUT2D eigenvalue weighted by Gasteiger charge is -2.38. The molecule has 27 heavy (non-hydrogen) atoms. The first kappa shape index (κ1) is 18.0. The Morgan fingerprint density at radius 3 is 2.30 bits per heavy atom. The van der Waals surface area contributed by atoms with Gasteiger partial charge in [0.25, 0.3) is 5.91 Å². The fraction of sp³-hybridized carbons (Fsp3) is 0.136. The highest BCUT2D eigenvalue weighted by Gasteiger charge is 2.35. The highest BCUT2D eigenvalue weighted by Crippen LogP contribution is 2.39. The molecule has 1 aliphatic heterocycles. The van der Waals surface area contributed by atoms with E-state index in [4.69, 9.17) is 23.2 Å². The second kappa shape index (κ2) is 7.34. The molecule has 0 aliphatic carbocycles. The molecule has 0 spiro atoms. The van der Waals surface area contributed by atoms with Gasteiger partial charge in [-0.2, -0.15) is 0 Å². The maximum Gasteiger partial charge on any atom is 0.259 e. The van der Waals surface area contributed by atoms with E-state index in [1.54, 1.807) is 11.0 Å². The first-order valence-electron chi connectivity index (χ1n) is 8.65. The molecule has 0 saturated carbocycles. The van der Waals surface area contributed by atoms with Crippen LogP contribution in [0.1, 0.15) is 33.1 Å². The van der Waals surface area contributed by atoms with Gasteiger partial charge in [-0.1, -0.05) is 71.7 Å². The predicted octanol–water partition coefficient (Wildman–Crippen LogP) is 5.92. The standard InChI is InChI=1S/C22H16Cl2FNO/c23-17-9-4-3-8-16(17)21-15-7-2-1-6-14(15)12-13-26(21)22(27)20-18(24)10-5-11-19(20)25/h1-11,21H,12-13H2/t21-/m0/s1. The molecule has 0 radical (unpaired) electrons. The van der Waals surface area contributed by atoms with E-state index in [2.05, 4.69) is 6.07 Å². The summed E-state index contributed by atoms with van der Waals surface area (Å²) in [5.74, 6) is -1.05. The molecule has 2 nitrogen and oxygen atoms in total. The number of carbonyl (C=O) groups excluding carboxylic acids is 1. The van der Waals surface area contributed by atoms with Crippen molar-refractivity contribution >= 4 is 29.1 Å². The Bertz CT molecular complexity index is 1000. The third kappa shape index (κ3) is 3.22. The van der Waals surface area contributed by atoms with Crippen molar-refractivity contribution < 1.29 is 9.18 Å². The van der Waals surface area contributed by atoms with Crippen LogP contribution in [0.15, 0.2) is 66.7 Å². The minimum absolute atomic E-state index is 0.101. The molecule has 4 rings (SSSR count). The van der Waals surface area contributed by atoms with Crippen molar-refractivity contribution in [1.29, 1.82) is 0 Å². The fourth-order valence-electron chi connectivity index (χ4n) is 3.66. The van der Waals surface area contributed by atoms with Crippen LogP contribution in [-0.4, -0.2) is 17.4 Å². The second-order valence-electron chi connectivity index (χ2n) is 6.47. The van der Waals surface area contributed by atoms with E-state index in [1.807, 2.05) is 36.4 Å².